The highest BCUT2D eigenvalue weighted by molar-refractivity contribution is 7.09. The number of aromatic nitrogens is 1. The molecule has 0 aliphatic heterocycles. The van der Waals surface area contributed by atoms with Gasteiger partial charge in [-0.1, -0.05) is 18.2 Å². The zero-order chi connectivity index (χ0) is 8.97. The van der Waals surface area contributed by atoms with Crippen molar-refractivity contribution in [2.24, 2.45) is 0 Å². The Balaban J connectivity index is 2.39. The molecule has 1 aromatic rings. The molecule has 1 unspecified atom stereocenters. The molecule has 1 atom stereocenters. The van der Waals surface area contributed by atoms with Gasteiger partial charge in [0, 0.05) is 23.2 Å². The van der Waals surface area contributed by atoms with Crippen LogP contribution in [-0.2, 0) is 0 Å². The Kier molecular flexibility index (Phi) is 3.72. The van der Waals surface area contributed by atoms with Crippen molar-refractivity contribution >= 4 is 22.9 Å². The van der Waals surface area contributed by atoms with Crippen LogP contribution < -0.4 is 5.32 Å². The molecular weight excluding hydrogens is 192 g/mol. The second-order valence-electron chi connectivity index (χ2n) is 2.49. The lowest BCUT2D eigenvalue weighted by atomic mass is 10.3. The molecule has 0 aliphatic rings. The SMILES string of the molecule is C=C(Cl)CNC(C)c1nccs1. The Morgan fingerprint density at radius 2 is 2.67 bits per heavy atom. The number of nitrogens with one attached hydrogen (secondary N) is 1. The van der Waals surface area contributed by atoms with E-state index in [0.717, 1.165) is 5.01 Å². The minimum atomic E-state index is 0.250. The summed E-state index contributed by atoms with van der Waals surface area (Å²) in [6.07, 6.45) is 1.80. The normalized spacial score (nSPS) is 12.8. The van der Waals surface area contributed by atoms with Crippen molar-refractivity contribution < 1.29 is 0 Å². The molecule has 1 aromatic heterocycles. The van der Waals surface area contributed by atoms with Crippen LogP contribution in [0.25, 0.3) is 0 Å². The molecule has 0 amide bonds. The minimum absolute atomic E-state index is 0.250. The standard InChI is InChI=1S/C8H11ClN2S/c1-6(9)5-11-7(2)8-10-3-4-12-8/h3-4,7,11H,1,5H2,2H3. The van der Waals surface area contributed by atoms with E-state index in [-0.39, 0.29) is 6.04 Å². The summed E-state index contributed by atoms with van der Waals surface area (Å²) in [6.45, 7) is 6.28. The largest absolute Gasteiger partial charge is 0.303 e. The highest BCUT2D eigenvalue weighted by Crippen LogP contribution is 2.14. The predicted molar refractivity (Wildman–Crippen MR) is 53.5 cm³/mol. The molecule has 2 nitrogen and oxygen atoms in total. The van der Waals surface area contributed by atoms with Crippen molar-refractivity contribution in [1.29, 1.82) is 0 Å². The summed E-state index contributed by atoms with van der Waals surface area (Å²) >= 11 is 7.25. The van der Waals surface area contributed by atoms with Crippen LogP contribution in [0, 0.1) is 0 Å². The lowest BCUT2D eigenvalue weighted by Gasteiger charge is -2.09. The molecule has 12 heavy (non-hydrogen) atoms. The van der Waals surface area contributed by atoms with Gasteiger partial charge in [0.2, 0.25) is 0 Å². The monoisotopic (exact) mass is 202 g/mol. The third-order valence-electron chi connectivity index (χ3n) is 1.42. The summed E-state index contributed by atoms with van der Waals surface area (Å²) < 4.78 is 0. The van der Waals surface area contributed by atoms with Crippen molar-refractivity contribution in [2.75, 3.05) is 6.54 Å². The van der Waals surface area contributed by atoms with Crippen molar-refractivity contribution in [3.63, 3.8) is 0 Å². The van der Waals surface area contributed by atoms with Gasteiger partial charge in [-0.3, -0.25) is 0 Å². The van der Waals surface area contributed by atoms with Crippen molar-refractivity contribution in [3.05, 3.63) is 28.2 Å². The predicted octanol–water partition coefficient (Wildman–Crippen LogP) is 2.55. The smallest absolute Gasteiger partial charge is 0.109 e. The van der Waals surface area contributed by atoms with E-state index in [0.29, 0.717) is 11.6 Å². The summed E-state index contributed by atoms with van der Waals surface area (Å²) in [5, 5.41) is 6.86. The van der Waals surface area contributed by atoms with Crippen LogP contribution in [0.5, 0.6) is 0 Å². The lowest BCUT2D eigenvalue weighted by Crippen LogP contribution is -2.19. The summed E-state index contributed by atoms with van der Waals surface area (Å²) in [7, 11) is 0. The maximum absolute atomic E-state index is 5.61. The average molecular weight is 203 g/mol. The van der Waals surface area contributed by atoms with Crippen molar-refractivity contribution in [1.82, 2.24) is 10.3 Å². The zero-order valence-corrected chi connectivity index (χ0v) is 8.45. The fourth-order valence-electron chi connectivity index (χ4n) is 0.799. The van der Waals surface area contributed by atoms with Crippen LogP contribution in [0.3, 0.4) is 0 Å². The van der Waals surface area contributed by atoms with E-state index in [1.165, 1.54) is 0 Å². The summed E-state index contributed by atoms with van der Waals surface area (Å²) in [6, 6.07) is 0.250. The highest BCUT2D eigenvalue weighted by Gasteiger charge is 2.05. The van der Waals surface area contributed by atoms with Gasteiger partial charge in [-0.25, -0.2) is 4.98 Å². The number of halogens is 1. The number of thiazole rings is 1. The molecule has 0 saturated carbocycles. The highest BCUT2D eigenvalue weighted by atomic mass is 35.5. The molecule has 0 saturated heterocycles. The molecule has 0 bridgehead atoms. The molecule has 0 fully saturated rings. The van der Waals surface area contributed by atoms with E-state index >= 15 is 0 Å². The van der Waals surface area contributed by atoms with Crippen LogP contribution in [0.4, 0.5) is 0 Å². The third-order valence-corrected chi connectivity index (χ3v) is 2.51. The number of hydrogen-bond donors (Lipinski definition) is 1. The molecule has 0 radical (unpaired) electrons. The average Bonchev–Trinajstić information content (AvgIpc) is 2.51. The number of nitrogens with zero attached hydrogens (tertiary/aromatic N) is 1. The van der Waals surface area contributed by atoms with E-state index in [4.69, 9.17) is 11.6 Å². The topological polar surface area (TPSA) is 24.9 Å². The maximum Gasteiger partial charge on any atom is 0.109 e. The molecule has 66 valence electrons. The van der Waals surface area contributed by atoms with Gasteiger partial charge in [-0.15, -0.1) is 11.3 Å². The van der Waals surface area contributed by atoms with Gasteiger partial charge in [0.05, 0.1) is 6.04 Å². The van der Waals surface area contributed by atoms with E-state index in [1.807, 2.05) is 5.38 Å². The Morgan fingerprint density at radius 1 is 1.92 bits per heavy atom. The van der Waals surface area contributed by atoms with Crippen LogP contribution in [0.2, 0.25) is 0 Å². The van der Waals surface area contributed by atoms with Gasteiger partial charge >= 0.3 is 0 Å². The molecule has 0 aliphatic carbocycles. The Hall–Kier alpha value is -0.380. The van der Waals surface area contributed by atoms with Gasteiger partial charge in [-0.2, -0.15) is 0 Å². The van der Waals surface area contributed by atoms with E-state index in [9.17, 15) is 0 Å². The van der Waals surface area contributed by atoms with Gasteiger partial charge < -0.3 is 5.32 Å². The van der Waals surface area contributed by atoms with E-state index in [2.05, 4.69) is 23.8 Å². The molecule has 1 rings (SSSR count). The fraction of sp³-hybridized carbons (Fsp3) is 0.375. The van der Waals surface area contributed by atoms with Gasteiger partial charge in [0.15, 0.2) is 0 Å². The summed E-state index contributed by atoms with van der Waals surface area (Å²) in [5.74, 6) is 0. The molecule has 0 spiro atoms. The van der Waals surface area contributed by atoms with Crippen LogP contribution >= 0.6 is 22.9 Å². The van der Waals surface area contributed by atoms with Crippen molar-refractivity contribution in [3.8, 4) is 0 Å². The van der Waals surface area contributed by atoms with Crippen LogP contribution in [0.15, 0.2) is 23.2 Å². The van der Waals surface area contributed by atoms with Gasteiger partial charge in [-0.05, 0) is 6.92 Å². The fourth-order valence-corrected chi connectivity index (χ4v) is 1.55. The van der Waals surface area contributed by atoms with Crippen molar-refractivity contribution in [2.45, 2.75) is 13.0 Å². The first-order chi connectivity index (χ1) is 5.70. The molecular formula is C8H11ClN2S. The van der Waals surface area contributed by atoms with E-state index < -0.39 is 0 Å². The Morgan fingerprint density at radius 3 is 3.17 bits per heavy atom. The quantitative estimate of drug-likeness (QED) is 0.812. The Labute approximate surface area is 81.3 Å². The molecule has 1 N–H and O–H groups in total. The molecule has 4 heteroatoms. The molecule has 1 heterocycles. The first kappa shape index (κ1) is 9.71. The number of rotatable bonds is 4. The van der Waals surface area contributed by atoms with Gasteiger partial charge in [0.1, 0.15) is 5.01 Å². The van der Waals surface area contributed by atoms with Gasteiger partial charge in [0.25, 0.3) is 0 Å². The van der Waals surface area contributed by atoms with Crippen LogP contribution in [0.1, 0.15) is 18.0 Å². The number of hydrogen-bond acceptors (Lipinski definition) is 3. The summed E-state index contributed by atoms with van der Waals surface area (Å²) in [4.78, 5) is 4.18. The second kappa shape index (κ2) is 4.60. The zero-order valence-electron chi connectivity index (χ0n) is 6.88. The summed E-state index contributed by atoms with van der Waals surface area (Å²) in [5.41, 5.74) is 0. The van der Waals surface area contributed by atoms with E-state index in [1.54, 1.807) is 17.5 Å². The first-order valence-corrected chi connectivity index (χ1v) is 4.92. The third kappa shape index (κ3) is 2.93. The minimum Gasteiger partial charge on any atom is -0.303 e. The Bertz CT molecular complexity index is 246. The van der Waals surface area contributed by atoms with Crippen LogP contribution in [-0.4, -0.2) is 11.5 Å². The molecule has 0 aromatic carbocycles. The maximum atomic E-state index is 5.61. The lowest BCUT2D eigenvalue weighted by molar-refractivity contribution is 0.611. The second-order valence-corrected chi connectivity index (χ2v) is 3.95. The first-order valence-electron chi connectivity index (χ1n) is 3.66.